The second kappa shape index (κ2) is 6.29. The Kier molecular flexibility index (Phi) is 4.27. The van der Waals surface area contributed by atoms with Crippen molar-refractivity contribution in [3.05, 3.63) is 35.4 Å². The number of likely N-dealkylation sites (tertiary alicyclic amines) is 2. The zero-order valence-electron chi connectivity index (χ0n) is 16.6. The standard InChI is InChI=1S/C20H20F3N3O4/c1-4-25-9-12-13-14(17(29)24(3)16(13)28)19(2,18(25)30)26(12)15(27)10-5-7-11(8-6-10)20(21,22)23/h5-8,12-14H,4,9H2,1-3H3/t12-,13+,14-,19-/m1/s1. The molecule has 160 valence electrons. The number of alkyl halides is 3. The summed E-state index contributed by atoms with van der Waals surface area (Å²) in [6.45, 7) is 3.68. The number of carbonyl (C=O) groups is 4. The molecule has 0 aromatic heterocycles. The molecule has 0 saturated carbocycles. The molecule has 0 spiro atoms. The van der Waals surface area contributed by atoms with Gasteiger partial charge >= 0.3 is 6.18 Å². The number of fused-ring (bicyclic) bond motifs is 5. The van der Waals surface area contributed by atoms with Crippen molar-refractivity contribution in [2.24, 2.45) is 11.8 Å². The second-order valence-electron chi connectivity index (χ2n) is 8.05. The van der Waals surface area contributed by atoms with Crippen molar-refractivity contribution in [3.8, 4) is 0 Å². The zero-order valence-corrected chi connectivity index (χ0v) is 16.6. The van der Waals surface area contributed by atoms with Crippen LogP contribution in [0.2, 0.25) is 0 Å². The number of piperazine rings is 1. The van der Waals surface area contributed by atoms with Crippen LogP contribution in [0, 0.1) is 11.8 Å². The summed E-state index contributed by atoms with van der Waals surface area (Å²) < 4.78 is 38.6. The molecule has 7 nitrogen and oxygen atoms in total. The minimum Gasteiger partial charge on any atom is -0.339 e. The summed E-state index contributed by atoms with van der Waals surface area (Å²) in [5, 5.41) is 0. The van der Waals surface area contributed by atoms with E-state index in [1.54, 1.807) is 6.92 Å². The fourth-order valence-electron chi connectivity index (χ4n) is 5.10. The number of nitrogens with zero attached hydrogens (tertiary/aromatic N) is 3. The molecule has 30 heavy (non-hydrogen) atoms. The number of halogens is 3. The Hall–Kier alpha value is -2.91. The van der Waals surface area contributed by atoms with Crippen LogP contribution in [0.3, 0.4) is 0 Å². The topological polar surface area (TPSA) is 78.0 Å². The van der Waals surface area contributed by atoms with Crippen LogP contribution in [-0.2, 0) is 20.6 Å². The first kappa shape index (κ1) is 20.4. The van der Waals surface area contributed by atoms with Gasteiger partial charge in [-0.1, -0.05) is 0 Å². The van der Waals surface area contributed by atoms with Gasteiger partial charge in [0, 0.05) is 25.7 Å². The van der Waals surface area contributed by atoms with E-state index in [0.717, 1.165) is 29.2 Å². The van der Waals surface area contributed by atoms with Crippen LogP contribution in [0.25, 0.3) is 0 Å². The normalized spacial score (nSPS) is 30.9. The molecule has 0 N–H and O–H groups in total. The maximum atomic E-state index is 13.3. The van der Waals surface area contributed by atoms with Crippen LogP contribution in [0.1, 0.15) is 29.8 Å². The molecule has 0 aliphatic carbocycles. The third kappa shape index (κ3) is 2.45. The molecular weight excluding hydrogens is 403 g/mol. The molecule has 0 radical (unpaired) electrons. The second-order valence-corrected chi connectivity index (χ2v) is 8.05. The molecule has 4 rings (SSSR count). The van der Waals surface area contributed by atoms with E-state index in [2.05, 4.69) is 0 Å². The van der Waals surface area contributed by atoms with Crippen molar-refractivity contribution in [3.63, 3.8) is 0 Å². The lowest BCUT2D eigenvalue weighted by molar-refractivity contribution is -0.154. The van der Waals surface area contributed by atoms with E-state index in [1.807, 2.05) is 0 Å². The van der Waals surface area contributed by atoms with Crippen molar-refractivity contribution >= 4 is 23.6 Å². The van der Waals surface area contributed by atoms with Gasteiger partial charge in [0.05, 0.1) is 23.4 Å². The van der Waals surface area contributed by atoms with Gasteiger partial charge in [0.25, 0.3) is 5.91 Å². The summed E-state index contributed by atoms with van der Waals surface area (Å²) in [4.78, 5) is 55.9. The van der Waals surface area contributed by atoms with Crippen molar-refractivity contribution in [2.75, 3.05) is 20.1 Å². The van der Waals surface area contributed by atoms with Crippen molar-refractivity contribution in [1.82, 2.24) is 14.7 Å². The first-order chi connectivity index (χ1) is 13.9. The summed E-state index contributed by atoms with van der Waals surface area (Å²) in [5.41, 5.74) is -2.52. The first-order valence-corrected chi connectivity index (χ1v) is 9.56. The number of hydrogen-bond acceptors (Lipinski definition) is 4. The highest BCUT2D eigenvalue weighted by Gasteiger charge is 2.73. The number of carbonyl (C=O) groups excluding carboxylic acids is 4. The predicted octanol–water partition coefficient (Wildman–Crippen LogP) is 1.38. The highest BCUT2D eigenvalue weighted by atomic mass is 19.4. The molecule has 1 aromatic carbocycles. The summed E-state index contributed by atoms with van der Waals surface area (Å²) in [6.07, 6.45) is -4.55. The quantitative estimate of drug-likeness (QED) is 0.674. The Morgan fingerprint density at radius 3 is 2.27 bits per heavy atom. The Balaban J connectivity index is 1.79. The van der Waals surface area contributed by atoms with Crippen LogP contribution in [0.5, 0.6) is 0 Å². The average Bonchev–Trinajstić information content (AvgIpc) is 3.06. The van der Waals surface area contributed by atoms with Crippen LogP contribution in [0.15, 0.2) is 24.3 Å². The molecule has 0 unspecified atom stereocenters. The third-order valence-electron chi connectivity index (χ3n) is 6.61. The van der Waals surface area contributed by atoms with Gasteiger partial charge < -0.3 is 9.80 Å². The van der Waals surface area contributed by atoms with E-state index < -0.39 is 58.8 Å². The maximum absolute atomic E-state index is 13.3. The Labute approximate surface area is 170 Å². The maximum Gasteiger partial charge on any atom is 0.416 e. The monoisotopic (exact) mass is 423 g/mol. The Morgan fingerprint density at radius 2 is 1.73 bits per heavy atom. The highest BCUT2D eigenvalue weighted by Crippen LogP contribution is 2.52. The van der Waals surface area contributed by atoms with E-state index >= 15 is 0 Å². The van der Waals surface area contributed by atoms with Gasteiger partial charge in [-0.25, -0.2) is 0 Å². The molecule has 10 heteroatoms. The minimum absolute atomic E-state index is 0.0369. The number of hydrogen-bond donors (Lipinski definition) is 0. The molecular formula is C20H20F3N3O4. The van der Waals surface area contributed by atoms with Crippen LogP contribution in [-0.4, -0.2) is 70.0 Å². The van der Waals surface area contributed by atoms with Gasteiger partial charge in [0.1, 0.15) is 5.54 Å². The Morgan fingerprint density at radius 1 is 1.13 bits per heavy atom. The molecule has 3 aliphatic heterocycles. The van der Waals surface area contributed by atoms with E-state index in [-0.39, 0.29) is 12.1 Å². The molecule has 1 aromatic rings. The van der Waals surface area contributed by atoms with Gasteiger partial charge in [-0.05, 0) is 38.1 Å². The lowest BCUT2D eigenvalue weighted by Gasteiger charge is -2.47. The van der Waals surface area contributed by atoms with Gasteiger partial charge in [-0.15, -0.1) is 0 Å². The van der Waals surface area contributed by atoms with Gasteiger partial charge in [0.2, 0.25) is 17.7 Å². The zero-order chi connectivity index (χ0) is 22.2. The number of benzene rings is 1. The molecule has 3 aliphatic rings. The third-order valence-corrected chi connectivity index (χ3v) is 6.61. The van der Waals surface area contributed by atoms with Crippen molar-refractivity contribution in [1.29, 1.82) is 0 Å². The number of amides is 4. The minimum atomic E-state index is -4.55. The fraction of sp³-hybridized carbons (Fsp3) is 0.500. The summed E-state index contributed by atoms with van der Waals surface area (Å²) in [6, 6.07) is 2.97. The highest BCUT2D eigenvalue weighted by molar-refractivity contribution is 6.13. The predicted molar refractivity (Wildman–Crippen MR) is 96.8 cm³/mol. The van der Waals surface area contributed by atoms with E-state index in [9.17, 15) is 32.3 Å². The largest absolute Gasteiger partial charge is 0.416 e. The SMILES string of the molecule is CCN1C[C@@H]2[C@@H]3C(=O)N(C)C(=O)[C@@H]3[C@](C)(C1=O)N2C(=O)c1ccc(C(F)(F)F)cc1. The fourth-order valence-corrected chi connectivity index (χ4v) is 5.10. The number of likely N-dealkylation sites (N-methyl/N-ethyl adjacent to an activating group) is 1. The molecule has 2 bridgehead atoms. The summed E-state index contributed by atoms with van der Waals surface area (Å²) >= 11 is 0. The number of rotatable bonds is 2. The molecule has 4 atom stereocenters. The molecule has 3 fully saturated rings. The van der Waals surface area contributed by atoms with Crippen LogP contribution < -0.4 is 0 Å². The van der Waals surface area contributed by atoms with Crippen LogP contribution >= 0.6 is 0 Å². The molecule has 3 saturated heterocycles. The lowest BCUT2D eigenvalue weighted by atomic mass is 9.81. The average molecular weight is 423 g/mol. The lowest BCUT2D eigenvalue weighted by Crippen LogP contribution is -2.68. The molecule has 4 amide bonds. The first-order valence-electron chi connectivity index (χ1n) is 9.56. The smallest absolute Gasteiger partial charge is 0.339 e. The summed E-state index contributed by atoms with van der Waals surface area (Å²) in [5.74, 6) is -3.95. The van der Waals surface area contributed by atoms with Crippen molar-refractivity contribution < 1.29 is 32.3 Å². The number of imide groups is 1. The van der Waals surface area contributed by atoms with E-state index in [1.165, 1.54) is 23.8 Å². The van der Waals surface area contributed by atoms with E-state index in [4.69, 9.17) is 0 Å². The van der Waals surface area contributed by atoms with Gasteiger partial charge in [0.15, 0.2) is 0 Å². The molecule has 3 heterocycles. The van der Waals surface area contributed by atoms with E-state index in [0.29, 0.717) is 6.54 Å². The van der Waals surface area contributed by atoms with Crippen molar-refractivity contribution in [2.45, 2.75) is 31.6 Å². The Bertz CT molecular complexity index is 961. The van der Waals surface area contributed by atoms with Crippen LogP contribution in [0.4, 0.5) is 13.2 Å². The van der Waals surface area contributed by atoms with Gasteiger partial charge in [-0.2, -0.15) is 13.2 Å². The summed E-state index contributed by atoms with van der Waals surface area (Å²) in [7, 11) is 1.35. The van der Waals surface area contributed by atoms with Gasteiger partial charge in [-0.3, -0.25) is 24.1 Å².